The third kappa shape index (κ3) is 3.55. The number of hydrogen-bond acceptors (Lipinski definition) is 3. The molecule has 0 radical (unpaired) electrons. The fourth-order valence-electron chi connectivity index (χ4n) is 3.03. The zero-order chi connectivity index (χ0) is 12.8. The SMILES string of the molecule is CCCNC(c1scnc1C)C1CCCCCC1. The summed E-state index contributed by atoms with van der Waals surface area (Å²) < 4.78 is 0. The number of thiazole rings is 1. The highest BCUT2D eigenvalue weighted by molar-refractivity contribution is 7.09. The van der Waals surface area contributed by atoms with Gasteiger partial charge in [0.05, 0.1) is 11.2 Å². The van der Waals surface area contributed by atoms with E-state index in [-0.39, 0.29) is 0 Å². The molecule has 1 aromatic heterocycles. The van der Waals surface area contributed by atoms with Gasteiger partial charge >= 0.3 is 0 Å². The van der Waals surface area contributed by atoms with Gasteiger partial charge in [-0.3, -0.25) is 0 Å². The quantitative estimate of drug-likeness (QED) is 0.796. The zero-order valence-electron chi connectivity index (χ0n) is 11.7. The average Bonchev–Trinajstić information content (AvgIpc) is 2.65. The normalized spacial score (nSPS) is 19.7. The van der Waals surface area contributed by atoms with Crippen LogP contribution < -0.4 is 5.32 Å². The molecule has 1 aliphatic rings. The molecule has 1 N–H and O–H groups in total. The van der Waals surface area contributed by atoms with Gasteiger partial charge in [0.2, 0.25) is 0 Å². The predicted molar refractivity (Wildman–Crippen MR) is 79.1 cm³/mol. The van der Waals surface area contributed by atoms with E-state index < -0.39 is 0 Å². The van der Waals surface area contributed by atoms with Crippen molar-refractivity contribution in [3.05, 3.63) is 16.1 Å². The van der Waals surface area contributed by atoms with E-state index in [2.05, 4.69) is 24.1 Å². The second-order valence-electron chi connectivity index (χ2n) is 5.49. The summed E-state index contributed by atoms with van der Waals surface area (Å²) in [6, 6.07) is 0.551. The summed E-state index contributed by atoms with van der Waals surface area (Å²) in [4.78, 5) is 5.92. The molecule has 2 nitrogen and oxygen atoms in total. The highest BCUT2D eigenvalue weighted by Gasteiger charge is 2.26. The van der Waals surface area contributed by atoms with E-state index >= 15 is 0 Å². The Bertz CT molecular complexity index is 340. The molecular formula is C15H26N2S. The molecule has 2 rings (SSSR count). The van der Waals surface area contributed by atoms with Gasteiger partial charge in [0.15, 0.2) is 0 Å². The molecule has 1 atom stereocenters. The Balaban J connectivity index is 2.10. The Morgan fingerprint density at radius 2 is 2.06 bits per heavy atom. The number of rotatable bonds is 5. The van der Waals surface area contributed by atoms with E-state index in [0.717, 1.165) is 12.5 Å². The van der Waals surface area contributed by atoms with Crippen LogP contribution in [-0.4, -0.2) is 11.5 Å². The fourth-order valence-corrected chi connectivity index (χ4v) is 4.00. The van der Waals surface area contributed by atoms with Crippen LogP contribution in [0.3, 0.4) is 0 Å². The van der Waals surface area contributed by atoms with Gasteiger partial charge < -0.3 is 5.32 Å². The molecule has 0 aliphatic heterocycles. The van der Waals surface area contributed by atoms with Crippen LogP contribution in [0.15, 0.2) is 5.51 Å². The van der Waals surface area contributed by atoms with E-state index in [1.54, 1.807) is 0 Å². The Kier molecular flexibility index (Phi) is 5.64. The van der Waals surface area contributed by atoms with Gasteiger partial charge in [-0.25, -0.2) is 4.98 Å². The number of nitrogens with zero attached hydrogens (tertiary/aromatic N) is 1. The van der Waals surface area contributed by atoms with Crippen molar-refractivity contribution in [3.63, 3.8) is 0 Å². The molecule has 1 heterocycles. The van der Waals surface area contributed by atoms with Gasteiger partial charge in [-0.1, -0.05) is 32.6 Å². The molecule has 3 heteroatoms. The Morgan fingerprint density at radius 3 is 2.61 bits per heavy atom. The van der Waals surface area contributed by atoms with E-state index in [1.165, 1.54) is 55.5 Å². The van der Waals surface area contributed by atoms with Crippen LogP contribution in [0.5, 0.6) is 0 Å². The zero-order valence-corrected chi connectivity index (χ0v) is 12.6. The maximum Gasteiger partial charge on any atom is 0.0798 e. The minimum Gasteiger partial charge on any atom is -0.309 e. The van der Waals surface area contributed by atoms with Crippen LogP contribution in [0.4, 0.5) is 0 Å². The van der Waals surface area contributed by atoms with Crippen LogP contribution in [0.25, 0.3) is 0 Å². The van der Waals surface area contributed by atoms with E-state index in [4.69, 9.17) is 0 Å². The lowest BCUT2D eigenvalue weighted by Crippen LogP contribution is -2.28. The first kappa shape index (κ1) is 14.0. The summed E-state index contributed by atoms with van der Waals surface area (Å²) in [6.07, 6.45) is 9.66. The topological polar surface area (TPSA) is 24.9 Å². The Labute approximate surface area is 115 Å². The maximum atomic E-state index is 4.44. The van der Waals surface area contributed by atoms with Crippen molar-refractivity contribution in [2.75, 3.05) is 6.54 Å². The molecule has 1 unspecified atom stereocenters. The van der Waals surface area contributed by atoms with Gasteiger partial charge in [-0.05, 0) is 38.6 Å². The molecule has 0 amide bonds. The van der Waals surface area contributed by atoms with Crippen molar-refractivity contribution >= 4 is 11.3 Å². The highest BCUT2D eigenvalue weighted by Crippen LogP contribution is 2.36. The van der Waals surface area contributed by atoms with Crippen molar-refractivity contribution in [2.24, 2.45) is 5.92 Å². The lowest BCUT2D eigenvalue weighted by atomic mass is 9.90. The summed E-state index contributed by atoms with van der Waals surface area (Å²) >= 11 is 1.83. The van der Waals surface area contributed by atoms with Crippen molar-refractivity contribution < 1.29 is 0 Å². The molecule has 0 bridgehead atoms. The molecule has 1 aromatic rings. The lowest BCUT2D eigenvalue weighted by molar-refractivity contribution is 0.328. The van der Waals surface area contributed by atoms with E-state index in [1.807, 2.05) is 16.8 Å². The molecule has 18 heavy (non-hydrogen) atoms. The number of aryl methyl sites for hydroxylation is 1. The molecule has 102 valence electrons. The lowest BCUT2D eigenvalue weighted by Gasteiger charge is -2.27. The van der Waals surface area contributed by atoms with Crippen molar-refractivity contribution in [2.45, 2.75) is 64.8 Å². The van der Waals surface area contributed by atoms with Crippen LogP contribution in [0.1, 0.15) is 68.5 Å². The minimum absolute atomic E-state index is 0.551. The first-order chi connectivity index (χ1) is 8.83. The van der Waals surface area contributed by atoms with Crippen LogP contribution >= 0.6 is 11.3 Å². The molecular weight excluding hydrogens is 240 g/mol. The summed E-state index contributed by atoms with van der Waals surface area (Å²) in [5, 5.41) is 3.78. The molecule has 0 spiro atoms. The first-order valence-corrected chi connectivity index (χ1v) is 8.34. The fraction of sp³-hybridized carbons (Fsp3) is 0.800. The van der Waals surface area contributed by atoms with E-state index in [9.17, 15) is 0 Å². The van der Waals surface area contributed by atoms with Crippen molar-refractivity contribution in [3.8, 4) is 0 Å². The van der Waals surface area contributed by atoms with Gasteiger partial charge in [-0.15, -0.1) is 11.3 Å². The van der Waals surface area contributed by atoms with Gasteiger partial charge in [0, 0.05) is 10.9 Å². The standard InChI is InChI=1S/C15H26N2S/c1-3-10-16-14(15-12(2)17-11-18-15)13-8-6-4-5-7-9-13/h11,13-14,16H,3-10H2,1-2H3. The first-order valence-electron chi connectivity index (χ1n) is 7.46. The molecule has 1 fully saturated rings. The van der Waals surface area contributed by atoms with Gasteiger partial charge in [-0.2, -0.15) is 0 Å². The molecule has 1 saturated carbocycles. The monoisotopic (exact) mass is 266 g/mol. The maximum absolute atomic E-state index is 4.44. The number of nitrogens with one attached hydrogen (secondary N) is 1. The summed E-state index contributed by atoms with van der Waals surface area (Å²) in [5.41, 5.74) is 3.24. The second-order valence-corrected chi connectivity index (χ2v) is 6.37. The van der Waals surface area contributed by atoms with Gasteiger partial charge in [0.1, 0.15) is 0 Å². The predicted octanol–water partition coefficient (Wildman–Crippen LogP) is 4.46. The summed E-state index contributed by atoms with van der Waals surface area (Å²) in [6.45, 7) is 5.53. The van der Waals surface area contributed by atoms with Crippen molar-refractivity contribution in [1.29, 1.82) is 0 Å². The second kappa shape index (κ2) is 7.25. The molecule has 0 aromatic carbocycles. The number of aromatic nitrogens is 1. The van der Waals surface area contributed by atoms with Gasteiger partial charge in [0.25, 0.3) is 0 Å². The van der Waals surface area contributed by atoms with Crippen LogP contribution in [0, 0.1) is 12.8 Å². The smallest absolute Gasteiger partial charge is 0.0798 e. The third-order valence-electron chi connectivity index (χ3n) is 4.05. The Morgan fingerprint density at radius 1 is 1.33 bits per heavy atom. The summed E-state index contributed by atoms with van der Waals surface area (Å²) in [5.74, 6) is 0.818. The third-order valence-corrected chi connectivity index (χ3v) is 5.06. The minimum atomic E-state index is 0.551. The Hall–Kier alpha value is -0.410. The average molecular weight is 266 g/mol. The van der Waals surface area contributed by atoms with Crippen LogP contribution in [-0.2, 0) is 0 Å². The van der Waals surface area contributed by atoms with Crippen molar-refractivity contribution in [1.82, 2.24) is 10.3 Å². The van der Waals surface area contributed by atoms with E-state index in [0.29, 0.717) is 6.04 Å². The molecule has 1 aliphatic carbocycles. The number of hydrogen-bond donors (Lipinski definition) is 1. The summed E-state index contributed by atoms with van der Waals surface area (Å²) in [7, 11) is 0. The van der Waals surface area contributed by atoms with Crippen LogP contribution in [0.2, 0.25) is 0 Å². The largest absolute Gasteiger partial charge is 0.309 e. The highest BCUT2D eigenvalue weighted by atomic mass is 32.1. The molecule has 0 saturated heterocycles.